The van der Waals surface area contributed by atoms with Crippen LogP contribution in [-0.2, 0) is 0 Å². The minimum absolute atomic E-state index is 0.113. The Kier molecular flexibility index (Phi) is 2.70. The first-order chi connectivity index (χ1) is 7.82. The van der Waals surface area contributed by atoms with Crippen molar-refractivity contribution >= 4 is 0 Å². The molecular formula is C14H21NO. The van der Waals surface area contributed by atoms with Gasteiger partial charge in [-0.1, -0.05) is 30.3 Å². The van der Waals surface area contributed by atoms with Crippen LogP contribution in [0.3, 0.4) is 0 Å². The number of rotatable bonds is 1. The zero-order valence-corrected chi connectivity index (χ0v) is 10.3. The second kappa shape index (κ2) is 4.19. The lowest BCUT2D eigenvalue weighted by molar-refractivity contribution is -0.0266. The molecule has 1 heterocycles. The number of hydrogen-bond acceptors (Lipinski definition) is 2. The number of benzene rings is 1. The van der Waals surface area contributed by atoms with Gasteiger partial charge in [-0.05, 0) is 39.3 Å². The molecule has 1 fully saturated rings. The van der Waals surface area contributed by atoms with Crippen LogP contribution in [0.15, 0.2) is 30.3 Å². The molecule has 1 aliphatic heterocycles. The molecule has 2 atom stereocenters. The molecule has 88 valence electrons. The first-order valence-electron chi connectivity index (χ1n) is 6.32. The molecule has 0 aliphatic carbocycles. The highest BCUT2D eigenvalue weighted by Gasteiger charge is 2.38. The molecule has 0 aromatic heterocycles. The summed E-state index contributed by atoms with van der Waals surface area (Å²) in [5.74, 6) is 0. The van der Waals surface area contributed by atoms with E-state index in [9.17, 15) is 5.11 Å². The Morgan fingerprint density at radius 3 is 2.62 bits per heavy atom. The lowest BCUT2D eigenvalue weighted by atomic mass is 9.82. The molecule has 16 heavy (non-hydrogen) atoms. The fourth-order valence-electron chi connectivity index (χ4n) is 2.49. The summed E-state index contributed by atoms with van der Waals surface area (Å²) in [5, 5.41) is 10.1. The lowest BCUT2D eigenvalue weighted by Gasteiger charge is -2.47. The second-order valence-corrected chi connectivity index (χ2v) is 5.30. The average molecular weight is 220 g/mol. The summed E-state index contributed by atoms with van der Waals surface area (Å²) in [6, 6.07) is 10.3. The van der Waals surface area contributed by atoms with Gasteiger partial charge in [0.15, 0.2) is 0 Å². The highest BCUT2D eigenvalue weighted by molar-refractivity contribution is 5.20. The number of hydrogen-bond donors (Lipinski definition) is 1. The Bertz CT molecular complexity index is 388. The summed E-state index contributed by atoms with van der Waals surface area (Å²) in [6.45, 7) is 4.17. The van der Waals surface area contributed by atoms with Crippen molar-refractivity contribution in [1.29, 1.82) is 0 Å². The van der Waals surface area contributed by atoms with Crippen LogP contribution in [0.2, 0.25) is 0 Å². The fraction of sp³-hybridized carbons (Fsp3) is 0.571. The third-order valence-corrected chi connectivity index (χ3v) is 3.67. The molecule has 2 rings (SSSR count). The van der Waals surface area contributed by atoms with E-state index in [1.165, 1.54) is 5.56 Å². The predicted octanol–water partition coefficient (Wildman–Crippen LogP) is 2.59. The third kappa shape index (κ3) is 2.13. The monoisotopic (exact) mass is 220 g/mol. The molecule has 0 radical (unpaired) electrons. The summed E-state index contributed by atoms with van der Waals surface area (Å²) < 4.78 is 7.98. The Hall–Kier alpha value is -0.860. The predicted molar refractivity (Wildman–Crippen MR) is 66.3 cm³/mol. The van der Waals surface area contributed by atoms with E-state index in [0.29, 0.717) is 12.8 Å². The highest BCUT2D eigenvalue weighted by Crippen LogP contribution is 2.38. The molecule has 0 unspecified atom stereocenters. The molecule has 0 amide bonds. The summed E-state index contributed by atoms with van der Waals surface area (Å²) in [5.41, 5.74) is 1.02. The van der Waals surface area contributed by atoms with Gasteiger partial charge >= 0.3 is 0 Å². The average Bonchev–Trinajstić information content (AvgIpc) is 2.23. The number of piperidine rings is 1. The topological polar surface area (TPSA) is 23.5 Å². The lowest BCUT2D eigenvalue weighted by Crippen LogP contribution is -2.50. The maximum absolute atomic E-state index is 10.1. The van der Waals surface area contributed by atoms with Gasteiger partial charge < -0.3 is 5.11 Å². The van der Waals surface area contributed by atoms with Crippen molar-refractivity contribution in [2.45, 2.75) is 44.3 Å². The van der Waals surface area contributed by atoms with Crippen LogP contribution in [0, 0.1) is 0 Å². The first-order valence-corrected chi connectivity index (χ1v) is 5.82. The summed E-state index contributed by atoms with van der Waals surface area (Å²) in [7, 11) is 2.08. The molecule has 2 heteroatoms. The molecule has 0 spiro atoms. The molecule has 1 aliphatic rings. The van der Waals surface area contributed by atoms with Gasteiger partial charge in [0.1, 0.15) is 0 Å². The van der Waals surface area contributed by atoms with Crippen LogP contribution in [0.1, 0.15) is 39.7 Å². The maximum Gasteiger partial charge on any atom is 0.0602 e. The SMILES string of the molecule is [2H][C@@]1(O)C[C@@H](c2ccccc2)N(C)C(C)(C)C1. The normalized spacial score (nSPS) is 35.8. The van der Waals surface area contributed by atoms with E-state index >= 15 is 0 Å². The Morgan fingerprint density at radius 2 is 2.00 bits per heavy atom. The van der Waals surface area contributed by atoms with Crippen LogP contribution in [0.5, 0.6) is 0 Å². The summed E-state index contributed by atoms with van der Waals surface area (Å²) >= 11 is 0. The molecule has 1 saturated heterocycles. The minimum Gasteiger partial charge on any atom is -0.393 e. The van der Waals surface area contributed by atoms with Gasteiger partial charge in [-0.2, -0.15) is 0 Å². The molecule has 1 aromatic carbocycles. The van der Waals surface area contributed by atoms with Gasteiger partial charge in [0.2, 0.25) is 0 Å². The van der Waals surface area contributed by atoms with Crippen molar-refractivity contribution in [3.05, 3.63) is 35.9 Å². The van der Waals surface area contributed by atoms with E-state index in [1.807, 2.05) is 18.2 Å². The van der Waals surface area contributed by atoms with Crippen LogP contribution in [0.4, 0.5) is 0 Å². The molecule has 0 bridgehead atoms. The second-order valence-electron chi connectivity index (χ2n) is 5.30. The third-order valence-electron chi connectivity index (χ3n) is 3.67. The first kappa shape index (κ1) is 10.3. The molecular weight excluding hydrogens is 198 g/mol. The van der Waals surface area contributed by atoms with Gasteiger partial charge in [-0.25, -0.2) is 0 Å². The Labute approximate surface area is 99.3 Å². The van der Waals surface area contributed by atoms with Gasteiger partial charge in [0, 0.05) is 11.6 Å². The van der Waals surface area contributed by atoms with E-state index in [1.54, 1.807) is 0 Å². The number of likely N-dealkylation sites (tertiary alicyclic amines) is 1. The fourth-order valence-corrected chi connectivity index (χ4v) is 2.49. The van der Waals surface area contributed by atoms with Crippen molar-refractivity contribution in [1.82, 2.24) is 4.90 Å². The van der Waals surface area contributed by atoms with Crippen LogP contribution in [0.25, 0.3) is 0 Å². The van der Waals surface area contributed by atoms with Gasteiger partial charge in [-0.3, -0.25) is 4.90 Å². The smallest absolute Gasteiger partial charge is 0.0602 e. The van der Waals surface area contributed by atoms with Crippen molar-refractivity contribution in [2.75, 3.05) is 7.05 Å². The van der Waals surface area contributed by atoms with E-state index in [-0.39, 0.29) is 11.6 Å². The largest absolute Gasteiger partial charge is 0.393 e. The van der Waals surface area contributed by atoms with Crippen molar-refractivity contribution < 1.29 is 6.48 Å². The van der Waals surface area contributed by atoms with Gasteiger partial charge in [0.25, 0.3) is 0 Å². The zero-order valence-electron chi connectivity index (χ0n) is 11.3. The summed E-state index contributed by atoms with van der Waals surface area (Å²) in [6.07, 6.45) is -0.368. The van der Waals surface area contributed by atoms with E-state index in [0.717, 1.165) is 0 Å². The number of aliphatic hydroxyl groups is 1. The van der Waals surface area contributed by atoms with Gasteiger partial charge in [0.05, 0.1) is 7.45 Å². The van der Waals surface area contributed by atoms with Gasteiger partial charge in [-0.15, -0.1) is 0 Å². The van der Waals surface area contributed by atoms with Crippen molar-refractivity contribution in [3.63, 3.8) is 0 Å². The van der Waals surface area contributed by atoms with Crippen molar-refractivity contribution in [2.24, 2.45) is 0 Å². The van der Waals surface area contributed by atoms with E-state index in [2.05, 4.69) is 37.9 Å². The maximum atomic E-state index is 10.1. The standard InChI is InChI=1S/C14H21NO/c1-14(2)10-12(16)9-13(15(14)3)11-7-5-4-6-8-11/h4-8,12-13,16H,9-10H2,1-3H3/t12-,13+/m1/s1/i12D. The van der Waals surface area contributed by atoms with Crippen molar-refractivity contribution in [3.8, 4) is 0 Å². The Morgan fingerprint density at radius 1 is 1.38 bits per heavy atom. The van der Waals surface area contributed by atoms with Crippen LogP contribution >= 0.6 is 0 Å². The highest BCUT2D eigenvalue weighted by atomic mass is 16.3. The van der Waals surface area contributed by atoms with Crippen LogP contribution in [-0.4, -0.2) is 28.7 Å². The van der Waals surface area contributed by atoms with E-state index in [4.69, 9.17) is 1.37 Å². The zero-order chi connectivity index (χ0) is 12.7. The molecule has 2 nitrogen and oxygen atoms in total. The molecule has 1 N–H and O–H groups in total. The van der Waals surface area contributed by atoms with Crippen LogP contribution < -0.4 is 0 Å². The Balaban J connectivity index is 2.33. The minimum atomic E-state index is -1.32. The summed E-state index contributed by atoms with van der Waals surface area (Å²) in [4.78, 5) is 2.27. The molecule has 0 saturated carbocycles. The number of nitrogens with zero attached hydrogens (tertiary/aromatic N) is 1. The molecule has 1 aromatic rings. The quantitative estimate of drug-likeness (QED) is 0.786. The van der Waals surface area contributed by atoms with E-state index < -0.39 is 6.08 Å².